The summed E-state index contributed by atoms with van der Waals surface area (Å²) in [5.41, 5.74) is 2.24. The van der Waals surface area contributed by atoms with Crippen LogP contribution in [0.25, 0.3) is 11.3 Å². The minimum absolute atomic E-state index is 0.109. The number of aromatic nitrogens is 2. The molecule has 6 nitrogen and oxygen atoms in total. The Morgan fingerprint density at radius 1 is 1.35 bits per heavy atom. The first-order valence-corrected chi connectivity index (χ1v) is 9.26. The average Bonchev–Trinajstić information content (AvgIpc) is 3.06. The van der Waals surface area contributed by atoms with Crippen molar-refractivity contribution in [2.45, 2.75) is 39.2 Å². The minimum atomic E-state index is -0.149. The molecule has 0 saturated heterocycles. The van der Waals surface area contributed by atoms with Gasteiger partial charge in [-0.1, -0.05) is 43.5 Å². The summed E-state index contributed by atoms with van der Waals surface area (Å²) in [7, 11) is 0. The summed E-state index contributed by atoms with van der Waals surface area (Å²) < 4.78 is 1.85. The molecule has 0 aliphatic carbocycles. The lowest BCUT2D eigenvalue weighted by Crippen LogP contribution is -2.48. The number of amides is 2. The normalized spacial score (nSPS) is 16.5. The van der Waals surface area contributed by atoms with Gasteiger partial charge in [0.1, 0.15) is 5.69 Å². The molecule has 7 heteroatoms. The Balaban J connectivity index is 1.92. The van der Waals surface area contributed by atoms with Crippen molar-refractivity contribution in [3.8, 4) is 11.3 Å². The Morgan fingerprint density at radius 3 is 2.73 bits per heavy atom. The molecule has 0 bridgehead atoms. The number of nitrogens with one attached hydrogen (secondary N) is 1. The second-order valence-corrected chi connectivity index (χ2v) is 7.02. The summed E-state index contributed by atoms with van der Waals surface area (Å²) in [6.07, 6.45) is 3.08. The molecule has 2 heterocycles. The maximum absolute atomic E-state index is 12.8. The van der Waals surface area contributed by atoms with Gasteiger partial charge in [-0.15, -0.1) is 0 Å². The molecule has 3 rings (SSSR count). The van der Waals surface area contributed by atoms with Crippen LogP contribution >= 0.6 is 11.6 Å². The molecule has 26 heavy (non-hydrogen) atoms. The molecule has 0 spiro atoms. The lowest BCUT2D eigenvalue weighted by Gasteiger charge is -2.33. The highest BCUT2D eigenvalue weighted by molar-refractivity contribution is 6.30. The standard InChI is InChI=1S/C19H23ClN4O2/c1-3-4-5-16-11-23(12-21-13(2)25)19(26)18-10-17(22-24(16)18)14-6-8-15(20)9-7-14/h6-10,16H,3-5,11-12H2,1-2H3,(H,21,25). The van der Waals surface area contributed by atoms with E-state index in [-0.39, 0.29) is 24.5 Å². The summed E-state index contributed by atoms with van der Waals surface area (Å²) in [6.45, 7) is 4.37. The number of hydrogen-bond donors (Lipinski definition) is 1. The van der Waals surface area contributed by atoms with E-state index < -0.39 is 0 Å². The van der Waals surface area contributed by atoms with Crippen LogP contribution in [0.4, 0.5) is 0 Å². The highest BCUT2D eigenvalue weighted by atomic mass is 35.5. The third kappa shape index (κ3) is 3.90. The molecule has 2 amide bonds. The predicted octanol–water partition coefficient (Wildman–Crippen LogP) is 3.48. The monoisotopic (exact) mass is 374 g/mol. The van der Waals surface area contributed by atoms with Crippen molar-refractivity contribution in [1.82, 2.24) is 20.0 Å². The molecule has 1 aliphatic heterocycles. The van der Waals surface area contributed by atoms with Crippen LogP contribution in [0.1, 0.15) is 49.6 Å². The Bertz CT molecular complexity index is 800. The molecule has 1 N–H and O–H groups in total. The lowest BCUT2D eigenvalue weighted by atomic mass is 10.1. The number of unbranched alkanes of at least 4 members (excludes halogenated alkanes) is 1. The summed E-state index contributed by atoms with van der Waals surface area (Å²) >= 11 is 5.96. The van der Waals surface area contributed by atoms with E-state index in [1.807, 2.05) is 35.0 Å². The topological polar surface area (TPSA) is 67.2 Å². The van der Waals surface area contributed by atoms with Gasteiger partial charge in [0, 0.05) is 24.1 Å². The molecule has 138 valence electrons. The van der Waals surface area contributed by atoms with Crippen LogP contribution in [-0.4, -0.2) is 39.7 Å². The number of rotatable bonds is 6. The third-order valence-electron chi connectivity index (χ3n) is 4.57. The van der Waals surface area contributed by atoms with Crippen molar-refractivity contribution in [2.75, 3.05) is 13.2 Å². The van der Waals surface area contributed by atoms with Gasteiger partial charge in [0.05, 0.1) is 18.4 Å². The summed E-state index contributed by atoms with van der Waals surface area (Å²) in [4.78, 5) is 25.8. The van der Waals surface area contributed by atoms with Crippen molar-refractivity contribution in [1.29, 1.82) is 0 Å². The number of carbonyl (C=O) groups excluding carboxylic acids is 2. The lowest BCUT2D eigenvalue weighted by molar-refractivity contribution is -0.119. The molecule has 1 aromatic carbocycles. The van der Waals surface area contributed by atoms with Gasteiger partial charge in [0.25, 0.3) is 5.91 Å². The molecule has 2 aromatic rings. The number of halogens is 1. The van der Waals surface area contributed by atoms with Crippen molar-refractivity contribution < 1.29 is 9.59 Å². The van der Waals surface area contributed by atoms with Crippen molar-refractivity contribution in [3.05, 3.63) is 41.0 Å². The molecule has 1 aliphatic rings. The summed E-state index contributed by atoms with van der Waals surface area (Å²) in [5.74, 6) is -0.261. The molecule has 0 saturated carbocycles. The fraction of sp³-hybridized carbons (Fsp3) is 0.421. The minimum Gasteiger partial charge on any atom is -0.339 e. The fourth-order valence-corrected chi connectivity index (χ4v) is 3.29. The molecular formula is C19H23ClN4O2. The SMILES string of the molecule is CCCCC1CN(CNC(C)=O)C(=O)c2cc(-c3ccc(Cl)cc3)nn21. The number of fused-ring (bicyclic) bond motifs is 1. The van der Waals surface area contributed by atoms with Crippen molar-refractivity contribution in [3.63, 3.8) is 0 Å². The summed E-state index contributed by atoms with van der Waals surface area (Å²) in [5, 5.41) is 8.09. The summed E-state index contributed by atoms with van der Waals surface area (Å²) in [6, 6.07) is 9.36. The third-order valence-corrected chi connectivity index (χ3v) is 4.82. The van der Waals surface area contributed by atoms with Crippen LogP contribution in [0.3, 0.4) is 0 Å². The molecule has 1 atom stereocenters. The van der Waals surface area contributed by atoms with E-state index in [9.17, 15) is 9.59 Å². The van der Waals surface area contributed by atoms with Crippen molar-refractivity contribution in [2.24, 2.45) is 0 Å². The number of nitrogens with zero attached hydrogens (tertiary/aromatic N) is 3. The van der Waals surface area contributed by atoms with Gasteiger partial charge in [-0.3, -0.25) is 14.3 Å². The first kappa shape index (κ1) is 18.5. The number of carbonyl (C=O) groups is 2. The Morgan fingerprint density at radius 2 is 2.08 bits per heavy atom. The van der Waals surface area contributed by atoms with E-state index in [0.29, 0.717) is 17.3 Å². The van der Waals surface area contributed by atoms with E-state index in [1.54, 1.807) is 4.90 Å². The van der Waals surface area contributed by atoms with Crippen LogP contribution in [0.15, 0.2) is 30.3 Å². The first-order valence-electron chi connectivity index (χ1n) is 8.88. The zero-order valence-corrected chi connectivity index (χ0v) is 15.8. The zero-order valence-electron chi connectivity index (χ0n) is 15.0. The highest BCUT2D eigenvalue weighted by Gasteiger charge is 2.32. The largest absolute Gasteiger partial charge is 0.339 e. The van der Waals surface area contributed by atoms with Gasteiger partial charge in [-0.2, -0.15) is 5.10 Å². The van der Waals surface area contributed by atoms with Gasteiger partial charge in [-0.25, -0.2) is 0 Å². The maximum Gasteiger partial charge on any atom is 0.273 e. The van der Waals surface area contributed by atoms with E-state index in [0.717, 1.165) is 30.5 Å². The van der Waals surface area contributed by atoms with E-state index in [1.165, 1.54) is 6.92 Å². The van der Waals surface area contributed by atoms with Crippen LogP contribution in [0.2, 0.25) is 5.02 Å². The molecule has 0 radical (unpaired) electrons. The number of benzene rings is 1. The van der Waals surface area contributed by atoms with Gasteiger partial charge in [0.2, 0.25) is 5.91 Å². The molecule has 1 unspecified atom stereocenters. The second kappa shape index (κ2) is 7.91. The first-order chi connectivity index (χ1) is 12.5. The molecule has 1 aromatic heterocycles. The van der Waals surface area contributed by atoms with Crippen LogP contribution in [-0.2, 0) is 4.79 Å². The zero-order chi connectivity index (χ0) is 18.7. The van der Waals surface area contributed by atoms with Crippen molar-refractivity contribution >= 4 is 23.4 Å². The van der Waals surface area contributed by atoms with E-state index in [4.69, 9.17) is 16.7 Å². The van der Waals surface area contributed by atoms with Crippen LogP contribution in [0, 0.1) is 0 Å². The maximum atomic E-state index is 12.8. The smallest absolute Gasteiger partial charge is 0.273 e. The van der Waals surface area contributed by atoms with E-state index in [2.05, 4.69) is 12.2 Å². The van der Waals surface area contributed by atoms with Gasteiger partial charge in [0.15, 0.2) is 0 Å². The number of hydrogen-bond acceptors (Lipinski definition) is 3. The Labute approximate surface area is 158 Å². The predicted molar refractivity (Wildman–Crippen MR) is 101 cm³/mol. The van der Waals surface area contributed by atoms with E-state index >= 15 is 0 Å². The molecular weight excluding hydrogens is 352 g/mol. The van der Waals surface area contributed by atoms with Gasteiger partial charge >= 0.3 is 0 Å². The van der Waals surface area contributed by atoms with Crippen LogP contribution < -0.4 is 5.32 Å². The quantitative estimate of drug-likeness (QED) is 0.841. The Kier molecular flexibility index (Phi) is 5.61. The van der Waals surface area contributed by atoms with Gasteiger partial charge in [-0.05, 0) is 24.6 Å². The fourth-order valence-electron chi connectivity index (χ4n) is 3.17. The second-order valence-electron chi connectivity index (χ2n) is 6.58. The van der Waals surface area contributed by atoms with Gasteiger partial charge < -0.3 is 10.2 Å². The Hall–Kier alpha value is -2.34. The highest BCUT2D eigenvalue weighted by Crippen LogP contribution is 2.29. The van der Waals surface area contributed by atoms with Crippen LogP contribution in [0.5, 0.6) is 0 Å². The average molecular weight is 375 g/mol. The molecule has 0 fully saturated rings.